The molecule has 37 heavy (non-hydrogen) atoms. The molecule has 0 heterocycles. The van der Waals surface area contributed by atoms with Crippen LogP contribution in [-0.4, -0.2) is 53.9 Å². The summed E-state index contributed by atoms with van der Waals surface area (Å²) < 4.78 is 25.5. The molecule has 0 aliphatic heterocycles. The van der Waals surface area contributed by atoms with E-state index in [1.54, 1.807) is 36.1 Å². The zero-order valence-electron chi connectivity index (χ0n) is 22.0. The minimum Gasteiger partial charge on any atom is -0.478 e. The van der Waals surface area contributed by atoms with Gasteiger partial charge < -0.3 is 24.8 Å². The number of carbonyl (C=O) groups excluding carboxylic acids is 1. The molecule has 0 aromatic heterocycles. The van der Waals surface area contributed by atoms with Gasteiger partial charge in [0.15, 0.2) is 0 Å². The predicted octanol–water partition coefficient (Wildman–Crippen LogP) is 6.26. The maximum Gasteiger partial charge on any atom is 0.336 e. The molecule has 202 valence electrons. The van der Waals surface area contributed by atoms with Crippen LogP contribution in [0.15, 0.2) is 42.5 Å². The van der Waals surface area contributed by atoms with Gasteiger partial charge in [0, 0.05) is 18.8 Å². The number of aromatic carboxylic acids is 1. The van der Waals surface area contributed by atoms with Crippen molar-refractivity contribution in [1.29, 1.82) is 0 Å². The first-order valence-corrected chi connectivity index (χ1v) is 13.1. The van der Waals surface area contributed by atoms with Crippen molar-refractivity contribution in [2.75, 3.05) is 25.0 Å². The van der Waals surface area contributed by atoms with Gasteiger partial charge in [-0.25, -0.2) is 14.0 Å². The number of halogens is 1. The van der Waals surface area contributed by atoms with E-state index in [9.17, 15) is 19.1 Å². The fourth-order valence-corrected chi connectivity index (χ4v) is 4.61. The summed E-state index contributed by atoms with van der Waals surface area (Å²) in [5.74, 6) is -0.949. The van der Waals surface area contributed by atoms with Gasteiger partial charge in [-0.15, -0.1) is 0 Å². The second-order valence-corrected chi connectivity index (χ2v) is 9.90. The van der Waals surface area contributed by atoms with Crippen molar-refractivity contribution < 1.29 is 28.6 Å². The highest BCUT2D eigenvalue weighted by Crippen LogP contribution is 2.25. The number of amides is 2. The Labute approximate surface area is 219 Å². The van der Waals surface area contributed by atoms with Crippen LogP contribution in [0.1, 0.15) is 67.4 Å². The van der Waals surface area contributed by atoms with Crippen molar-refractivity contribution in [2.45, 2.75) is 71.7 Å². The molecule has 8 heteroatoms. The van der Waals surface area contributed by atoms with E-state index in [0.29, 0.717) is 42.4 Å². The zero-order valence-corrected chi connectivity index (χ0v) is 22.0. The van der Waals surface area contributed by atoms with Crippen LogP contribution >= 0.6 is 0 Å². The maximum atomic E-state index is 13.2. The third-order valence-corrected chi connectivity index (χ3v) is 6.95. The number of carboxylic acid groups (broad SMARTS) is 1. The third kappa shape index (κ3) is 8.83. The summed E-state index contributed by atoms with van der Waals surface area (Å²) in [6, 6.07) is 10.9. The number of rotatable bonds is 12. The SMILES string of the molecule is CCC(C)CN(CCO[C@H]1CCC[C@@H](OCc2cccc(C)c2C(=O)O)C1)C(=O)Nc1ccc(F)cc1. The van der Waals surface area contributed by atoms with Crippen molar-refractivity contribution in [2.24, 2.45) is 5.92 Å². The van der Waals surface area contributed by atoms with E-state index in [1.807, 2.05) is 6.07 Å². The Kier molecular flexibility index (Phi) is 10.9. The Morgan fingerprint density at radius 3 is 2.51 bits per heavy atom. The van der Waals surface area contributed by atoms with Crippen molar-refractivity contribution in [1.82, 2.24) is 4.90 Å². The third-order valence-electron chi connectivity index (χ3n) is 6.95. The fourth-order valence-electron chi connectivity index (χ4n) is 4.61. The first kappa shape index (κ1) is 28.6. The molecule has 0 radical (unpaired) electrons. The quantitative estimate of drug-likeness (QED) is 0.349. The summed E-state index contributed by atoms with van der Waals surface area (Å²) in [6.45, 7) is 7.71. The molecular formula is C29H39FN2O5. The van der Waals surface area contributed by atoms with Crippen LogP contribution in [0.2, 0.25) is 0 Å². The molecule has 2 N–H and O–H groups in total. The molecule has 7 nitrogen and oxygen atoms in total. The van der Waals surface area contributed by atoms with Crippen molar-refractivity contribution in [3.8, 4) is 0 Å². The molecule has 0 bridgehead atoms. The number of nitrogens with zero attached hydrogens (tertiary/aromatic N) is 1. The van der Waals surface area contributed by atoms with Gasteiger partial charge in [-0.3, -0.25) is 0 Å². The Morgan fingerprint density at radius 1 is 1.14 bits per heavy atom. The molecule has 2 aromatic rings. The van der Waals surface area contributed by atoms with Gasteiger partial charge in [-0.1, -0.05) is 38.5 Å². The van der Waals surface area contributed by atoms with Crippen LogP contribution in [0.3, 0.4) is 0 Å². The van der Waals surface area contributed by atoms with Crippen LogP contribution in [0.5, 0.6) is 0 Å². The normalized spacial score (nSPS) is 18.3. The largest absolute Gasteiger partial charge is 0.478 e. The lowest BCUT2D eigenvalue weighted by Gasteiger charge is -2.31. The molecule has 2 amide bonds. The van der Waals surface area contributed by atoms with Gasteiger partial charge in [0.2, 0.25) is 0 Å². The van der Waals surface area contributed by atoms with Gasteiger partial charge in [0.25, 0.3) is 0 Å². The molecule has 3 rings (SSSR count). The van der Waals surface area contributed by atoms with E-state index in [2.05, 4.69) is 19.2 Å². The molecule has 2 aromatic carbocycles. The molecule has 1 aliphatic carbocycles. The van der Waals surface area contributed by atoms with Gasteiger partial charge in [0.05, 0.1) is 31.0 Å². The average Bonchev–Trinajstić information content (AvgIpc) is 2.88. The van der Waals surface area contributed by atoms with E-state index in [4.69, 9.17) is 9.47 Å². The Morgan fingerprint density at radius 2 is 1.84 bits per heavy atom. The standard InChI is InChI=1S/C29H39FN2O5/c1-4-20(2)18-32(29(35)31-24-13-11-23(30)12-14-24)15-16-36-25-9-6-10-26(17-25)37-19-22-8-5-7-21(3)27(22)28(33)34/h5,7-8,11-14,20,25-26H,4,6,9-10,15-19H2,1-3H3,(H,31,35)(H,33,34)/t20?,25-,26+/m0/s1. The van der Waals surface area contributed by atoms with Crippen LogP contribution < -0.4 is 5.32 Å². The highest BCUT2D eigenvalue weighted by Gasteiger charge is 2.25. The number of ether oxygens (including phenoxy) is 2. The maximum absolute atomic E-state index is 13.2. The van der Waals surface area contributed by atoms with Crippen LogP contribution in [0.25, 0.3) is 0 Å². The van der Waals surface area contributed by atoms with E-state index in [1.165, 1.54) is 12.1 Å². The van der Waals surface area contributed by atoms with Crippen LogP contribution in [0.4, 0.5) is 14.9 Å². The number of urea groups is 1. The van der Waals surface area contributed by atoms with Gasteiger partial charge >= 0.3 is 12.0 Å². The topological polar surface area (TPSA) is 88.1 Å². The van der Waals surface area contributed by atoms with Gasteiger partial charge in [-0.2, -0.15) is 0 Å². The van der Waals surface area contributed by atoms with E-state index < -0.39 is 5.97 Å². The molecule has 1 fully saturated rings. The predicted molar refractivity (Wildman–Crippen MR) is 141 cm³/mol. The number of carboxylic acids is 1. The molecule has 3 atom stereocenters. The minimum absolute atomic E-state index is 0.00102. The van der Waals surface area contributed by atoms with Crippen molar-refractivity contribution >= 4 is 17.7 Å². The molecule has 1 aliphatic rings. The summed E-state index contributed by atoms with van der Waals surface area (Å²) in [5, 5.41) is 12.4. The van der Waals surface area contributed by atoms with E-state index in [-0.39, 0.29) is 30.7 Å². The lowest BCUT2D eigenvalue weighted by atomic mass is 9.94. The zero-order chi connectivity index (χ0) is 26.8. The summed E-state index contributed by atoms with van der Waals surface area (Å²) >= 11 is 0. The summed E-state index contributed by atoms with van der Waals surface area (Å²) in [7, 11) is 0. The number of aryl methyl sites for hydroxylation is 1. The first-order valence-electron chi connectivity index (χ1n) is 13.1. The number of hydrogen-bond donors (Lipinski definition) is 2. The molecule has 0 saturated heterocycles. The van der Waals surface area contributed by atoms with E-state index in [0.717, 1.165) is 37.7 Å². The molecular weight excluding hydrogens is 475 g/mol. The monoisotopic (exact) mass is 514 g/mol. The van der Waals surface area contributed by atoms with Crippen molar-refractivity contribution in [3.63, 3.8) is 0 Å². The average molecular weight is 515 g/mol. The van der Waals surface area contributed by atoms with Crippen molar-refractivity contribution in [3.05, 3.63) is 65.0 Å². The molecule has 1 unspecified atom stereocenters. The summed E-state index contributed by atoms with van der Waals surface area (Å²) in [6.07, 6.45) is 4.52. The smallest absolute Gasteiger partial charge is 0.336 e. The Balaban J connectivity index is 1.50. The number of hydrogen-bond acceptors (Lipinski definition) is 4. The lowest BCUT2D eigenvalue weighted by molar-refractivity contribution is -0.0525. The fraction of sp³-hybridized carbons (Fsp3) is 0.517. The summed E-state index contributed by atoms with van der Waals surface area (Å²) in [5.41, 5.74) is 2.27. The second kappa shape index (κ2) is 14.1. The van der Waals surface area contributed by atoms with Crippen LogP contribution in [-0.2, 0) is 16.1 Å². The second-order valence-electron chi connectivity index (χ2n) is 9.90. The summed E-state index contributed by atoms with van der Waals surface area (Å²) in [4.78, 5) is 26.3. The van der Waals surface area contributed by atoms with E-state index >= 15 is 0 Å². The van der Waals surface area contributed by atoms with Gasteiger partial charge in [0.1, 0.15) is 5.82 Å². The Hall–Kier alpha value is -2.97. The highest BCUT2D eigenvalue weighted by molar-refractivity contribution is 5.91. The minimum atomic E-state index is -0.938. The highest BCUT2D eigenvalue weighted by atomic mass is 19.1. The number of carbonyl (C=O) groups is 2. The van der Waals surface area contributed by atoms with Crippen LogP contribution in [0, 0.1) is 18.7 Å². The Bertz CT molecular complexity index is 1030. The number of nitrogens with one attached hydrogen (secondary N) is 1. The lowest BCUT2D eigenvalue weighted by Crippen LogP contribution is -2.41. The molecule has 0 spiro atoms. The molecule has 1 saturated carbocycles. The number of benzene rings is 2. The first-order chi connectivity index (χ1) is 17.8. The number of anilines is 1. The van der Waals surface area contributed by atoms with Gasteiger partial charge in [-0.05, 0) is 73.9 Å².